The molecule has 0 saturated heterocycles. The van der Waals surface area contributed by atoms with E-state index in [0.29, 0.717) is 0 Å². The minimum atomic E-state index is -0.405. The van der Waals surface area contributed by atoms with Crippen LogP contribution in [0.3, 0.4) is 0 Å². The van der Waals surface area contributed by atoms with E-state index in [1.165, 1.54) is 19.4 Å². The predicted molar refractivity (Wildman–Crippen MR) is 54.5 cm³/mol. The summed E-state index contributed by atoms with van der Waals surface area (Å²) in [6.07, 6.45) is 3.65. The molecule has 0 aliphatic heterocycles. The van der Waals surface area contributed by atoms with E-state index in [-0.39, 0.29) is 6.61 Å². The second-order valence-corrected chi connectivity index (χ2v) is 4.77. The normalized spacial score (nSPS) is 21.9. The lowest BCUT2D eigenvalue weighted by molar-refractivity contribution is 0.182. The van der Waals surface area contributed by atoms with Crippen molar-refractivity contribution < 1.29 is 5.11 Å². The summed E-state index contributed by atoms with van der Waals surface area (Å²) >= 11 is 0. The number of hydrogen-bond acceptors (Lipinski definition) is 3. The molecule has 0 radical (unpaired) electrons. The Morgan fingerprint density at radius 2 is 2.15 bits per heavy atom. The summed E-state index contributed by atoms with van der Waals surface area (Å²) in [5.74, 6) is 0.933. The van der Waals surface area contributed by atoms with Crippen LogP contribution in [-0.2, 0) is 0 Å². The zero-order valence-corrected chi connectivity index (χ0v) is 8.79. The van der Waals surface area contributed by atoms with E-state index in [9.17, 15) is 0 Å². The van der Waals surface area contributed by atoms with Gasteiger partial charge < -0.3 is 15.7 Å². The second-order valence-electron chi connectivity index (χ2n) is 4.77. The van der Waals surface area contributed by atoms with Crippen LogP contribution in [0.4, 0.5) is 0 Å². The maximum absolute atomic E-state index is 8.96. The Hall–Kier alpha value is -0.120. The van der Waals surface area contributed by atoms with Crippen LogP contribution in [0.2, 0.25) is 0 Å². The molecule has 3 N–H and O–H groups in total. The third-order valence-corrected chi connectivity index (χ3v) is 2.69. The van der Waals surface area contributed by atoms with Gasteiger partial charge in [-0.05, 0) is 45.7 Å². The van der Waals surface area contributed by atoms with Crippen LogP contribution < -0.4 is 5.73 Å². The highest BCUT2D eigenvalue weighted by Crippen LogP contribution is 2.29. The Bertz CT molecular complexity index is 155. The molecule has 3 heteroatoms. The minimum Gasteiger partial charge on any atom is -0.394 e. The van der Waals surface area contributed by atoms with Crippen molar-refractivity contribution in [3.8, 4) is 0 Å². The highest BCUT2D eigenvalue weighted by atomic mass is 16.3. The third kappa shape index (κ3) is 4.60. The molecule has 78 valence electrons. The summed E-state index contributed by atoms with van der Waals surface area (Å²) in [6.45, 7) is 4.16. The first-order valence-corrected chi connectivity index (χ1v) is 5.12. The highest BCUT2D eigenvalue weighted by molar-refractivity contribution is 4.80. The van der Waals surface area contributed by atoms with Gasteiger partial charge in [0.25, 0.3) is 0 Å². The molecular formula is C10H22N2O. The zero-order valence-electron chi connectivity index (χ0n) is 8.79. The van der Waals surface area contributed by atoms with E-state index in [2.05, 4.69) is 11.9 Å². The molecule has 1 aliphatic carbocycles. The summed E-state index contributed by atoms with van der Waals surface area (Å²) < 4.78 is 0. The van der Waals surface area contributed by atoms with Crippen LogP contribution in [0, 0.1) is 5.92 Å². The van der Waals surface area contributed by atoms with Crippen molar-refractivity contribution in [3.05, 3.63) is 0 Å². The van der Waals surface area contributed by atoms with Crippen LogP contribution in [0.1, 0.15) is 26.2 Å². The van der Waals surface area contributed by atoms with Gasteiger partial charge in [-0.1, -0.05) is 0 Å². The molecule has 13 heavy (non-hydrogen) atoms. The second kappa shape index (κ2) is 4.40. The van der Waals surface area contributed by atoms with Crippen molar-refractivity contribution >= 4 is 0 Å². The first-order chi connectivity index (χ1) is 6.03. The van der Waals surface area contributed by atoms with Crippen LogP contribution in [0.15, 0.2) is 0 Å². The van der Waals surface area contributed by atoms with Crippen LogP contribution >= 0.6 is 0 Å². The molecule has 1 rings (SSSR count). The van der Waals surface area contributed by atoms with Crippen molar-refractivity contribution in [3.63, 3.8) is 0 Å². The average Bonchev–Trinajstić information content (AvgIpc) is 2.85. The number of aliphatic hydroxyl groups excluding tert-OH is 1. The van der Waals surface area contributed by atoms with Crippen LogP contribution in [-0.4, -0.2) is 42.3 Å². The lowest BCUT2D eigenvalue weighted by Gasteiger charge is -2.25. The van der Waals surface area contributed by atoms with E-state index in [4.69, 9.17) is 10.8 Å². The first-order valence-electron chi connectivity index (χ1n) is 5.12. The van der Waals surface area contributed by atoms with Crippen molar-refractivity contribution in [1.29, 1.82) is 0 Å². The smallest absolute Gasteiger partial charge is 0.0608 e. The van der Waals surface area contributed by atoms with Crippen molar-refractivity contribution in [1.82, 2.24) is 4.90 Å². The molecule has 0 aromatic carbocycles. The van der Waals surface area contributed by atoms with E-state index in [1.807, 2.05) is 6.92 Å². The number of nitrogens with two attached hydrogens (primary N) is 1. The molecule has 1 fully saturated rings. The zero-order chi connectivity index (χ0) is 9.90. The molecule has 0 amide bonds. The SMILES string of the molecule is CN(CCC(C)(N)CO)CC1CC1. The summed E-state index contributed by atoms with van der Waals surface area (Å²) in [5.41, 5.74) is 5.43. The molecule has 1 unspecified atom stereocenters. The summed E-state index contributed by atoms with van der Waals surface area (Å²) in [6, 6.07) is 0. The maximum Gasteiger partial charge on any atom is 0.0608 e. The van der Waals surface area contributed by atoms with E-state index in [1.54, 1.807) is 0 Å². The van der Waals surface area contributed by atoms with E-state index in [0.717, 1.165) is 18.9 Å². The molecule has 1 atom stereocenters. The molecule has 3 nitrogen and oxygen atoms in total. The molecule has 0 heterocycles. The third-order valence-electron chi connectivity index (χ3n) is 2.69. The lowest BCUT2D eigenvalue weighted by Crippen LogP contribution is -2.43. The van der Waals surface area contributed by atoms with Gasteiger partial charge in [0.05, 0.1) is 6.61 Å². The number of rotatable bonds is 6. The molecule has 1 saturated carbocycles. The quantitative estimate of drug-likeness (QED) is 0.632. The van der Waals surface area contributed by atoms with Gasteiger partial charge in [-0.2, -0.15) is 0 Å². The molecule has 0 bridgehead atoms. The van der Waals surface area contributed by atoms with Crippen LogP contribution in [0.5, 0.6) is 0 Å². The van der Waals surface area contributed by atoms with Gasteiger partial charge in [-0.3, -0.25) is 0 Å². The van der Waals surface area contributed by atoms with Gasteiger partial charge in [0.15, 0.2) is 0 Å². The monoisotopic (exact) mass is 186 g/mol. The molecule has 0 aromatic rings. The van der Waals surface area contributed by atoms with Gasteiger partial charge in [0, 0.05) is 12.1 Å². The molecule has 0 spiro atoms. The topological polar surface area (TPSA) is 49.5 Å². The molecule has 1 aliphatic rings. The summed E-state index contributed by atoms with van der Waals surface area (Å²) in [4.78, 5) is 2.32. The van der Waals surface area contributed by atoms with Crippen LogP contribution in [0.25, 0.3) is 0 Å². The van der Waals surface area contributed by atoms with Gasteiger partial charge >= 0.3 is 0 Å². The number of hydrogen-bond donors (Lipinski definition) is 2. The Morgan fingerprint density at radius 3 is 2.62 bits per heavy atom. The number of nitrogens with zero attached hydrogens (tertiary/aromatic N) is 1. The summed E-state index contributed by atoms with van der Waals surface area (Å²) in [7, 11) is 2.13. The van der Waals surface area contributed by atoms with E-state index < -0.39 is 5.54 Å². The Kier molecular flexibility index (Phi) is 3.71. The van der Waals surface area contributed by atoms with Gasteiger partial charge in [0.1, 0.15) is 0 Å². The first kappa shape index (κ1) is 11.0. The predicted octanol–water partition coefficient (Wildman–Crippen LogP) is 0.428. The van der Waals surface area contributed by atoms with Crippen molar-refractivity contribution in [2.24, 2.45) is 11.7 Å². The summed E-state index contributed by atoms with van der Waals surface area (Å²) in [5, 5.41) is 8.96. The molecule has 0 aromatic heterocycles. The van der Waals surface area contributed by atoms with Crippen molar-refractivity contribution in [2.75, 3.05) is 26.7 Å². The van der Waals surface area contributed by atoms with Crippen molar-refractivity contribution in [2.45, 2.75) is 31.7 Å². The number of aliphatic hydroxyl groups is 1. The maximum atomic E-state index is 8.96. The highest BCUT2D eigenvalue weighted by Gasteiger charge is 2.24. The fraction of sp³-hybridized carbons (Fsp3) is 1.00. The Morgan fingerprint density at radius 1 is 1.54 bits per heavy atom. The lowest BCUT2D eigenvalue weighted by atomic mass is 10.0. The van der Waals surface area contributed by atoms with Gasteiger partial charge in [-0.25, -0.2) is 0 Å². The molecular weight excluding hydrogens is 164 g/mol. The largest absolute Gasteiger partial charge is 0.394 e. The van der Waals surface area contributed by atoms with E-state index >= 15 is 0 Å². The fourth-order valence-electron chi connectivity index (χ4n) is 1.36. The fourth-order valence-corrected chi connectivity index (χ4v) is 1.36. The van der Waals surface area contributed by atoms with Gasteiger partial charge in [-0.15, -0.1) is 0 Å². The Balaban J connectivity index is 2.09. The van der Waals surface area contributed by atoms with Gasteiger partial charge in [0.2, 0.25) is 0 Å². The Labute approximate surface area is 80.9 Å². The average molecular weight is 186 g/mol. The standard InChI is InChI=1S/C10H22N2O/c1-10(11,8-13)5-6-12(2)7-9-3-4-9/h9,13H,3-8,11H2,1-2H3. The minimum absolute atomic E-state index is 0.0737.